The van der Waals surface area contributed by atoms with Crippen molar-refractivity contribution in [2.75, 3.05) is 30.4 Å². The first kappa shape index (κ1) is 14.1. The highest BCUT2D eigenvalue weighted by molar-refractivity contribution is 5.60. The van der Waals surface area contributed by atoms with Gasteiger partial charge in [-0.05, 0) is 19.8 Å². The van der Waals surface area contributed by atoms with E-state index in [1.807, 2.05) is 7.05 Å². The monoisotopic (exact) mass is 264 g/mol. The minimum Gasteiger partial charge on any atom is -0.373 e. The lowest BCUT2D eigenvalue weighted by Crippen LogP contribution is -2.46. The number of anilines is 2. The van der Waals surface area contributed by atoms with Gasteiger partial charge in [-0.15, -0.1) is 0 Å². The minimum absolute atomic E-state index is 0.233. The summed E-state index contributed by atoms with van der Waals surface area (Å²) in [7, 11) is 1.91. The van der Waals surface area contributed by atoms with E-state index < -0.39 is 0 Å². The Morgan fingerprint density at radius 3 is 2.42 bits per heavy atom. The summed E-state index contributed by atoms with van der Waals surface area (Å²) in [6.07, 6.45) is 2.10. The number of morpholine rings is 1. The van der Waals surface area contributed by atoms with Crippen molar-refractivity contribution in [1.29, 1.82) is 0 Å². The van der Waals surface area contributed by atoms with E-state index in [-0.39, 0.29) is 12.2 Å². The molecule has 1 saturated heterocycles. The van der Waals surface area contributed by atoms with Crippen LogP contribution in [0.4, 0.5) is 11.6 Å². The Labute approximate surface area is 115 Å². The van der Waals surface area contributed by atoms with Crippen LogP contribution in [0.1, 0.15) is 39.2 Å². The molecule has 19 heavy (non-hydrogen) atoms. The summed E-state index contributed by atoms with van der Waals surface area (Å²) in [6, 6.07) is 0. The van der Waals surface area contributed by atoms with Gasteiger partial charge in [0.05, 0.1) is 12.2 Å². The Balaban J connectivity index is 2.38. The van der Waals surface area contributed by atoms with Gasteiger partial charge in [-0.25, -0.2) is 9.97 Å². The molecule has 106 valence electrons. The Kier molecular flexibility index (Phi) is 4.24. The second-order valence-electron chi connectivity index (χ2n) is 5.53. The number of rotatable bonds is 3. The maximum atomic E-state index is 5.79. The third-order valence-corrected chi connectivity index (χ3v) is 3.40. The highest BCUT2D eigenvalue weighted by Gasteiger charge is 2.26. The molecule has 1 N–H and O–H groups in total. The van der Waals surface area contributed by atoms with Crippen LogP contribution in [-0.2, 0) is 4.74 Å². The first-order valence-electron chi connectivity index (χ1n) is 6.96. The van der Waals surface area contributed by atoms with E-state index in [9.17, 15) is 0 Å². The maximum absolute atomic E-state index is 5.79. The molecule has 2 atom stereocenters. The number of aromatic nitrogens is 2. The predicted octanol–water partition coefficient (Wildman–Crippen LogP) is 2.26. The van der Waals surface area contributed by atoms with Gasteiger partial charge in [0.2, 0.25) is 0 Å². The van der Waals surface area contributed by atoms with E-state index in [4.69, 9.17) is 4.74 Å². The van der Waals surface area contributed by atoms with Crippen LogP contribution < -0.4 is 10.2 Å². The molecule has 1 aromatic rings. The average Bonchev–Trinajstić information content (AvgIpc) is 2.36. The lowest BCUT2D eigenvalue weighted by molar-refractivity contribution is -0.00552. The Hall–Kier alpha value is -1.36. The molecule has 0 amide bonds. The van der Waals surface area contributed by atoms with Gasteiger partial charge < -0.3 is 15.0 Å². The van der Waals surface area contributed by atoms with Gasteiger partial charge in [-0.2, -0.15) is 0 Å². The molecule has 0 radical (unpaired) electrons. The van der Waals surface area contributed by atoms with Gasteiger partial charge in [0.25, 0.3) is 0 Å². The molecular formula is C14H24N4O. The second-order valence-corrected chi connectivity index (χ2v) is 5.53. The Morgan fingerprint density at radius 2 is 1.89 bits per heavy atom. The zero-order valence-corrected chi connectivity index (χ0v) is 12.5. The molecule has 2 unspecified atom stereocenters. The molecule has 5 nitrogen and oxygen atoms in total. The van der Waals surface area contributed by atoms with Crippen molar-refractivity contribution in [3.63, 3.8) is 0 Å². The van der Waals surface area contributed by atoms with Crippen molar-refractivity contribution in [3.05, 3.63) is 11.9 Å². The fourth-order valence-corrected chi connectivity index (χ4v) is 2.72. The lowest BCUT2D eigenvalue weighted by Gasteiger charge is -2.37. The van der Waals surface area contributed by atoms with Crippen LogP contribution in [0.5, 0.6) is 0 Å². The molecule has 2 heterocycles. The van der Waals surface area contributed by atoms with Crippen molar-refractivity contribution in [1.82, 2.24) is 9.97 Å². The molecule has 0 saturated carbocycles. The van der Waals surface area contributed by atoms with E-state index in [2.05, 4.69) is 47.9 Å². The molecule has 1 fully saturated rings. The lowest BCUT2D eigenvalue weighted by atomic mass is 10.0. The second kappa shape index (κ2) is 5.74. The van der Waals surface area contributed by atoms with Gasteiger partial charge >= 0.3 is 0 Å². The van der Waals surface area contributed by atoms with E-state index in [0.717, 1.165) is 24.7 Å². The van der Waals surface area contributed by atoms with Gasteiger partial charge in [0.15, 0.2) is 0 Å². The smallest absolute Gasteiger partial charge is 0.137 e. The first-order valence-corrected chi connectivity index (χ1v) is 6.96. The van der Waals surface area contributed by atoms with Crippen molar-refractivity contribution in [3.8, 4) is 0 Å². The number of ether oxygens (including phenoxy) is 1. The normalized spacial score (nSPS) is 23.8. The van der Waals surface area contributed by atoms with Crippen molar-refractivity contribution in [2.24, 2.45) is 0 Å². The van der Waals surface area contributed by atoms with Crippen molar-refractivity contribution >= 4 is 11.6 Å². The fraction of sp³-hybridized carbons (Fsp3) is 0.714. The summed E-state index contributed by atoms with van der Waals surface area (Å²) in [5.41, 5.74) is 1.19. The zero-order valence-electron chi connectivity index (χ0n) is 12.5. The molecule has 5 heteroatoms. The summed E-state index contributed by atoms with van der Waals surface area (Å²) < 4.78 is 5.79. The van der Waals surface area contributed by atoms with Gasteiger partial charge in [0, 0.05) is 25.7 Å². The minimum atomic E-state index is 0.233. The number of hydrogen-bond acceptors (Lipinski definition) is 5. The molecule has 0 bridgehead atoms. The SMILES string of the molecule is CNc1ncnc(N2CC(C)OC(C)C2)c1C(C)C. The highest BCUT2D eigenvalue weighted by Crippen LogP contribution is 2.31. The molecule has 1 aliphatic rings. The fourth-order valence-electron chi connectivity index (χ4n) is 2.72. The first-order chi connectivity index (χ1) is 9.02. The standard InChI is InChI=1S/C14H24N4O/c1-9(2)12-13(15-5)16-8-17-14(12)18-6-10(3)19-11(4)7-18/h8-11H,6-7H2,1-5H3,(H,15,16,17). The van der Waals surface area contributed by atoms with Crippen molar-refractivity contribution in [2.45, 2.75) is 45.8 Å². The molecule has 1 aliphatic heterocycles. The quantitative estimate of drug-likeness (QED) is 0.907. The van der Waals surface area contributed by atoms with Crippen LogP contribution in [-0.4, -0.2) is 42.3 Å². The van der Waals surface area contributed by atoms with E-state index in [1.165, 1.54) is 5.56 Å². The molecule has 0 spiro atoms. The highest BCUT2D eigenvalue weighted by atomic mass is 16.5. The molecular weight excluding hydrogens is 240 g/mol. The number of nitrogens with one attached hydrogen (secondary N) is 1. The van der Waals surface area contributed by atoms with Crippen LogP contribution >= 0.6 is 0 Å². The van der Waals surface area contributed by atoms with Gasteiger partial charge in [-0.3, -0.25) is 0 Å². The van der Waals surface area contributed by atoms with E-state index >= 15 is 0 Å². The van der Waals surface area contributed by atoms with Crippen LogP contribution in [0, 0.1) is 0 Å². The molecule has 0 aliphatic carbocycles. The predicted molar refractivity (Wildman–Crippen MR) is 77.9 cm³/mol. The third-order valence-electron chi connectivity index (χ3n) is 3.40. The molecule has 0 aromatic carbocycles. The summed E-state index contributed by atoms with van der Waals surface area (Å²) in [5.74, 6) is 2.34. The average molecular weight is 264 g/mol. The van der Waals surface area contributed by atoms with Gasteiger partial charge in [-0.1, -0.05) is 13.8 Å². The largest absolute Gasteiger partial charge is 0.373 e. The van der Waals surface area contributed by atoms with Crippen molar-refractivity contribution < 1.29 is 4.74 Å². The van der Waals surface area contributed by atoms with Crippen LogP contribution in [0.15, 0.2) is 6.33 Å². The molecule has 2 rings (SSSR count). The maximum Gasteiger partial charge on any atom is 0.137 e. The summed E-state index contributed by atoms with van der Waals surface area (Å²) in [6.45, 7) is 10.3. The molecule has 1 aromatic heterocycles. The summed E-state index contributed by atoms with van der Waals surface area (Å²) >= 11 is 0. The van der Waals surface area contributed by atoms with E-state index in [0.29, 0.717) is 5.92 Å². The topological polar surface area (TPSA) is 50.3 Å². The Morgan fingerprint density at radius 1 is 1.26 bits per heavy atom. The number of hydrogen-bond donors (Lipinski definition) is 1. The zero-order chi connectivity index (χ0) is 14.0. The number of nitrogens with zero attached hydrogens (tertiary/aromatic N) is 3. The van der Waals surface area contributed by atoms with Crippen LogP contribution in [0.3, 0.4) is 0 Å². The van der Waals surface area contributed by atoms with Gasteiger partial charge in [0.1, 0.15) is 18.0 Å². The third kappa shape index (κ3) is 2.97. The summed E-state index contributed by atoms with van der Waals surface area (Å²) in [4.78, 5) is 11.2. The van der Waals surface area contributed by atoms with Crippen LogP contribution in [0.25, 0.3) is 0 Å². The Bertz CT molecular complexity index is 425. The van der Waals surface area contributed by atoms with Crippen LogP contribution in [0.2, 0.25) is 0 Å². The summed E-state index contributed by atoms with van der Waals surface area (Å²) in [5, 5.41) is 3.17. The van der Waals surface area contributed by atoms with E-state index in [1.54, 1.807) is 6.33 Å².